The van der Waals surface area contributed by atoms with Crippen LogP contribution >= 0.6 is 0 Å². The zero-order valence-corrected chi connectivity index (χ0v) is 11.6. The highest BCUT2D eigenvalue weighted by molar-refractivity contribution is 5.81. The number of halogens is 1. The molecule has 2 heterocycles. The molecular formula is C14H19FN4O. The third kappa shape index (κ3) is 2.73. The number of nitrogens with zero attached hydrogens (tertiary/aromatic N) is 4. The largest absolute Gasteiger partial charge is 0.341 e. The summed E-state index contributed by atoms with van der Waals surface area (Å²) in [6.07, 6.45) is 6.43. The Bertz CT molecular complexity index is 488. The van der Waals surface area contributed by atoms with E-state index in [2.05, 4.69) is 9.97 Å². The van der Waals surface area contributed by atoms with Crippen molar-refractivity contribution in [3.63, 3.8) is 0 Å². The summed E-state index contributed by atoms with van der Waals surface area (Å²) in [4.78, 5) is 24.1. The van der Waals surface area contributed by atoms with E-state index in [0.29, 0.717) is 5.95 Å². The number of rotatable bonds is 3. The average molecular weight is 278 g/mol. The van der Waals surface area contributed by atoms with Crippen LogP contribution in [0.2, 0.25) is 0 Å². The summed E-state index contributed by atoms with van der Waals surface area (Å²) in [5, 5.41) is 0. The Morgan fingerprint density at radius 3 is 2.70 bits per heavy atom. The molecule has 1 amide bonds. The van der Waals surface area contributed by atoms with E-state index in [1.807, 2.05) is 16.8 Å². The van der Waals surface area contributed by atoms with Gasteiger partial charge in [-0.3, -0.25) is 4.79 Å². The van der Waals surface area contributed by atoms with Crippen molar-refractivity contribution < 1.29 is 9.18 Å². The third-order valence-corrected chi connectivity index (χ3v) is 4.11. The van der Waals surface area contributed by atoms with Gasteiger partial charge in [-0.1, -0.05) is 0 Å². The van der Waals surface area contributed by atoms with E-state index in [1.54, 1.807) is 0 Å². The molecule has 1 saturated heterocycles. The number of aromatic nitrogens is 2. The first-order chi connectivity index (χ1) is 9.65. The first kappa shape index (κ1) is 13.3. The Balaban J connectivity index is 1.66. The van der Waals surface area contributed by atoms with Crippen LogP contribution < -0.4 is 4.90 Å². The van der Waals surface area contributed by atoms with Crippen LogP contribution in [-0.4, -0.2) is 47.0 Å². The molecule has 5 nitrogen and oxygen atoms in total. The number of likely N-dealkylation sites (N-methyl/N-ethyl adjacent to an activating group) is 1. The molecule has 108 valence electrons. The molecule has 1 aliphatic heterocycles. The molecule has 1 aliphatic carbocycles. The molecular weight excluding hydrogens is 259 g/mol. The smallest absolute Gasteiger partial charge is 0.225 e. The van der Waals surface area contributed by atoms with Crippen molar-refractivity contribution in [2.24, 2.45) is 5.92 Å². The number of amides is 1. The Morgan fingerprint density at radius 1 is 1.35 bits per heavy atom. The van der Waals surface area contributed by atoms with Gasteiger partial charge in [-0.15, -0.1) is 0 Å². The minimum atomic E-state index is -0.427. The summed E-state index contributed by atoms with van der Waals surface area (Å²) >= 11 is 0. The minimum absolute atomic E-state index is 0.200. The maximum atomic E-state index is 12.9. The standard InChI is InChI=1S/C14H19FN4O/c1-18(13(20)10-4-5-10)12-3-2-6-19(9-12)14-16-7-11(15)8-17-14/h7-8,10,12H,2-6,9H2,1H3. The van der Waals surface area contributed by atoms with E-state index in [-0.39, 0.29) is 17.9 Å². The van der Waals surface area contributed by atoms with Crippen LogP contribution in [-0.2, 0) is 4.79 Å². The minimum Gasteiger partial charge on any atom is -0.341 e. The van der Waals surface area contributed by atoms with Gasteiger partial charge in [0.1, 0.15) is 0 Å². The maximum absolute atomic E-state index is 12.9. The zero-order valence-electron chi connectivity index (χ0n) is 11.6. The second-order valence-electron chi connectivity index (χ2n) is 5.67. The fraction of sp³-hybridized carbons (Fsp3) is 0.643. The monoisotopic (exact) mass is 278 g/mol. The van der Waals surface area contributed by atoms with Crippen molar-refractivity contribution in [2.45, 2.75) is 31.7 Å². The zero-order chi connectivity index (χ0) is 14.1. The molecule has 0 N–H and O–H groups in total. The van der Waals surface area contributed by atoms with Crippen molar-refractivity contribution in [3.8, 4) is 0 Å². The summed E-state index contributed by atoms with van der Waals surface area (Å²) in [6, 6.07) is 0.200. The summed E-state index contributed by atoms with van der Waals surface area (Å²) in [6.45, 7) is 1.58. The molecule has 0 radical (unpaired) electrons. The summed E-state index contributed by atoms with van der Waals surface area (Å²) in [7, 11) is 1.89. The van der Waals surface area contributed by atoms with Crippen LogP contribution in [0.5, 0.6) is 0 Å². The van der Waals surface area contributed by atoms with E-state index >= 15 is 0 Å². The van der Waals surface area contributed by atoms with Crippen LogP contribution in [0.15, 0.2) is 12.4 Å². The first-order valence-electron chi connectivity index (χ1n) is 7.14. The highest BCUT2D eigenvalue weighted by Crippen LogP contribution is 2.32. The van der Waals surface area contributed by atoms with Crippen molar-refractivity contribution in [2.75, 3.05) is 25.0 Å². The molecule has 0 bridgehead atoms. The van der Waals surface area contributed by atoms with Crippen LogP contribution in [0.3, 0.4) is 0 Å². The number of hydrogen-bond donors (Lipinski definition) is 0. The SMILES string of the molecule is CN(C(=O)C1CC1)C1CCCN(c2ncc(F)cn2)C1. The molecule has 1 aromatic heterocycles. The predicted molar refractivity (Wildman–Crippen MR) is 72.7 cm³/mol. The summed E-state index contributed by atoms with van der Waals surface area (Å²) < 4.78 is 12.9. The molecule has 1 unspecified atom stereocenters. The molecule has 0 aromatic carbocycles. The summed E-state index contributed by atoms with van der Waals surface area (Å²) in [5.41, 5.74) is 0. The van der Waals surface area contributed by atoms with Crippen LogP contribution in [0, 0.1) is 11.7 Å². The van der Waals surface area contributed by atoms with E-state index < -0.39 is 5.82 Å². The van der Waals surface area contributed by atoms with Crippen LogP contribution in [0.25, 0.3) is 0 Å². The maximum Gasteiger partial charge on any atom is 0.225 e. The molecule has 1 atom stereocenters. The van der Waals surface area contributed by atoms with E-state index in [9.17, 15) is 9.18 Å². The second-order valence-corrected chi connectivity index (χ2v) is 5.67. The first-order valence-corrected chi connectivity index (χ1v) is 7.14. The highest BCUT2D eigenvalue weighted by Gasteiger charge is 2.36. The van der Waals surface area contributed by atoms with Gasteiger partial charge in [-0.05, 0) is 25.7 Å². The number of hydrogen-bond acceptors (Lipinski definition) is 4. The van der Waals surface area contributed by atoms with E-state index in [0.717, 1.165) is 38.8 Å². The lowest BCUT2D eigenvalue weighted by molar-refractivity contribution is -0.133. The summed E-state index contributed by atoms with van der Waals surface area (Å²) in [5.74, 6) is 0.626. The van der Waals surface area contributed by atoms with Gasteiger partial charge in [0.2, 0.25) is 11.9 Å². The Hall–Kier alpha value is -1.72. The third-order valence-electron chi connectivity index (χ3n) is 4.11. The number of anilines is 1. The van der Waals surface area contributed by atoms with Gasteiger partial charge in [0.25, 0.3) is 0 Å². The lowest BCUT2D eigenvalue weighted by atomic mass is 10.0. The van der Waals surface area contributed by atoms with Gasteiger partial charge in [-0.2, -0.15) is 0 Å². The second kappa shape index (κ2) is 5.34. The fourth-order valence-corrected chi connectivity index (χ4v) is 2.72. The highest BCUT2D eigenvalue weighted by atomic mass is 19.1. The van der Waals surface area contributed by atoms with Crippen LogP contribution in [0.1, 0.15) is 25.7 Å². The molecule has 6 heteroatoms. The predicted octanol–water partition coefficient (Wildman–Crippen LogP) is 1.45. The van der Waals surface area contributed by atoms with Crippen molar-refractivity contribution >= 4 is 11.9 Å². The molecule has 20 heavy (non-hydrogen) atoms. The topological polar surface area (TPSA) is 49.3 Å². The Labute approximate surface area is 117 Å². The van der Waals surface area contributed by atoms with Gasteiger partial charge in [-0.25, -0.2) is 14.4 Å². The Kier molecular flexibility index (Phi) is 3.54. The lowest BCUT2D eigenvalue weighted by Crippen LogP contribution is -2.49. The van der Waals surface area contributed by atoms with Gasteiger partial charge >= 0.3 is 0 Å². The Morgan fingerprint density at radius 2 is 2.05 bits per heavy atom. The quantitative estimate of drug-likeness (QED) is 0.840. The lowest BCUT2D eigenvalue weighted by Gasteiger charge is -2.37. The number of carbonyl (C=O) groups excluding carboxylic acids is 1. The molecule has 1 saturated carbocycles. The molecule has 2 fully saturated rings. The van der Waals surface area contributed by atoms with E-state index in [1.165, 1.54) is 12.4 Å². The van der Waals surface area contributed by atoms with Crippen molar-refractivity contribution in [1.82, 2.24) is 14.9 Å². The van der Waals surface area contributed by atoms with Gasteiger partial charge in [0.15, 0.2) is 5.82 Å². The van der Waals surface area contributed by atoms with Gasteiger partial charge < -0.3 is 9.80 Å². The normalized spacial score (nSPS) is 22.7. The molecule has 0 spiro atoms. The molecule has 1 aromatic rings. The molecule has 2 aliphatic rings. The van der Waals surface area contributed by atoms with Gasteiger partial charge in [0, 0.05) is 32.1 Å². The van der Waals surface area contributed by atoms with Crippen molar-refractivity contribution in [3.05, 3.63) is 18.2 Å². The number of carbonyl (C=O) groups is 1. The molecule has 3 rings (SSSR count). The number of piperidine rings is 1. The average Bonchev–Trinajstić information content (AvgIpc) is 3.31. The van der Waals surface area contributed by atoms with Crippen LogP contribution in [0.4, 0.5) is 10.3 Å². The van der Waals surface area contributed by atoms with Crippen molar-refractivity contribution in [1.29, 1.82) is 0 Å². The fourth-order valence-electron chi connectivity index (χ4n) is 2.72. The van der Waals surface area contributed by atoms with Gasteiger partial charge in [0.05, 0.1) is 12.4 Å². The van der Waals surface area contributed by atoms with E-state index in [4.69, 9.17) is 0 Å².